The van der Waals surface area contributed by atoms with E-state index in [4.69, 9.17) is 4.74 Å². The zero-order chi connectivity index (χ0) is 12.4. The van der Waals surface area contributed by atoms with Gasteiger partial charge in [0.05, 0.1) is 18.7 Å². The minimum absolute atomic E-state index is 0.224. The van der Waals surface area contributed by atoms with Crippen molar-refractivity contribution < 1.29 is 9.53 Å². The summed E-state index contributed by atoms with van der Waals surface area (Å²) in [7, 11) is 1.42. The van der Waals surface area contributed by atoms with Crippen molar-refractivity contribution in [2.45, 2.75) is 20.3 Å². The van der Waals surface area contributed by atoms with Crippen LogP contribution in [0.25, 0.3) is 0 Å². The number of carbonyl (C=O) groups is 1. The number of nitrogens with zero attached hydrogens (tertiary/aromatic N) is 1. The summed E-state index contributed by atoms with van der Waals surface area (Å²) in [5, 5.41) is 0. The molecule has 0 N–H and O–H groups in total. The highest BCUT2D eigenvalue weighted by Gasteiger charge is 2.25. The van der Waals surface area contributed by atoms with Crippen LogP contribution in [0.15, 0.2) is 23.2 Å². The second kappa shape index (κ2) is 4.70. The lowest BCUT2D eigenvalue weighted by Crippen LogP contribution is -2.27. The molecule has 1 atom stereocenters. The van der Waals surface area contributed by atoms with Gasteiger partial charge in [-0.2, -0.15) is 0 Å². The highest BCUT2D eigenvalue weighted by molar-refractivity contribution is 6.12. The van der Waals surface area contributed by atoms with Gasteiger partial charge in [0.1, 0.15) is 0 Å². The smallest absolute Gasteiger partial charge is 0.314 e. The lowest BCUT2D eigenvalue weighted by atomic mass is 9.88. The van der Waals surface area contributed by atoms with Crippen LogP contribution in [0.5, 0.6) is 0 Å². The van der Waals surface area contributed by atoms with Crippen molar-refractivity contribution in [3.05, 3.63) is 34.9 Å². The van der Waals surface area contributed by atoms with E-state index in [1.54, 1.807) is 0 Å². The van der Waals surface area contributed by atoms with Gasteiger partial charge >= 0.3 is 5.97 Å². The van der Waals surface area contributed by atoms with E-state index in [9.17, 15) is 4.79 Å². The Morgan fingerprint density at radius 3 is 2.94 bits per heavy atom. The molecule has 1 unspecified atom stereocenters. The molecule has 0 saturated carbocycles. The third-order valence-electron chi connectivity index (χ3n) is 3.30. The Labute approximate surface area is 102 Å². The van der Waals surface area contributed by atoms with Gasteiger partial charge in [0.2, 0.25) is 0 Å². The maximum atomic E-state index is 11.6. The van der Waals surface area contributed by atoms with Crippen LogP contribution in [-0.2, 0) is 16.0 Å². The summed E-state index contributed by atoms with van der Waals surface area (Å²) in [5.41, 5.74) is 4.55. The van der Waals surface area contributed by atoms with Crippen molar-refractivity contribution in [3.8, 4) is 0 Å². The molecule has 0 saturated heterocycles. The molecule has 0 amide bonds. The SMILES string of the molecule is COC(=O)C(C)C1=NCCc2c(C)cccc21. The van der Waals surface area contributed by atoms with Crippen LogP contribution in [0.3, 0.4) is 0 Å². The Morgan fingerprint density at radius 2 is 2.24 bits per heavy atom. The molecule has 0 aromatic heterocycles. The Kier molecular flexibility index (Phi) is 3.27. The maximum Gasteiger partial charge on any atom is 0.314 e. The van der Waals surface area contributed by atoms with Crippen molar-refractivity contribution in [1.82, 2.24) is 0 Å². The molecule has 17 heavy (non-hydrogen) atoms. The summed E-state index contributed by atoms with van der Waals surface area (Å²) in [5.74, 6) is -0.515. The molecule has 1 heterocycles. The molecule has 2 rings (SSSR count). The Morgan fingerprint density at radius 1 is 1.47 bits per heavy atom. The molecule has 1 aromatic carbocycles. The fraction of sp³-hybridized carbons (Fsp3) is 0.429. The molecular formula is C14H17NO2. The Hall–Kier alpha value is -1.64. The standard InChI is InChI=1S/C14H17NO2/c1-9-5-4-6-12-11(9)7-8-15-13(12)10(2)14(16)17-3/h4-6,10H,7-8H2,1-3H3. The largest absolute Gasteiger partial charge is 0.469 e. The lowest BCUT2D eigenvalue weighted by molar-refractivity contribution is -0.142. The van der Waals surface area contributed by atoms with Crippen LogP contribution in [-0.4, -0.2) is 25.3 Å². The number of esters is 1. The van der Waals surface area contributed by atoms with Gasteiger partial charge in [-0.1, -0.05) is 18.2 Å². The van der Waals surface area contributed by atoms with Crippen LogP contribution >= 0.6 is 0 Å². The highest BCUT2D eigenvalue weighted by atomic mass is 16.5. The van der Waals surface area contributed by atoms with Crippen LogP contribution in [0.4, 0.5) is 0 Å². The Bertz CT molecular complexity index is 477. The number of aliphatic imine (C=N–C) groups is 1. The average Bonchev–Trinajstić information content (AvgIpc) is 2.37. The van der Waals surface area contributed by atoms with E-state index < -0.39 is 0 Å². The van der Waals surface area contributed by atoms with Crippen LogP contribution < -0.4 is 0 Å². The fourth-order valence-corrected chi connectivity index (χ4v) is 2.31. The van der Waals surface area contributed by atoms with E-state index in [0.29, 0.717) is 0 Å². The molecule has 90 valence electrons. The van der Waals surface area contributed by atoms with Crippen molar-refractivity contribution in [2.24, 2.45) is 10.9 Å². The third kappa shape index (κ3) is 2.09. The van der Waals surface area contributed by atoms with Crippen molar-refractivity contribution >= 4 is 11.7 Å². The Balaban J connectivity index is 2.42. The third-order valence-corrected chi connectivity index (χ3v) is 3.30. The van der Waals surface area contributed by atoms with Crippen molar-refractivity contribution in [2.75, 3.05) is 13.7 Å². The number of benzene rings is 1. The summed E-state index contributed by atoms with van der Waals surface area (Å²) < 4.78 is 4.79. The number of aryl methyl sites for hydroxylation is 1. The first kappa shape index (κ1) is 11.8. The van der Waals surface area contributed by atoms with Gasteiger partial charge in [0, 0.05) is 6.54 Å². The van der Waals surface area contributed by atoms with Gasteiger partial charge in [-0.25, -0.2) is 0 Å². The van der Waals surface area contributed by atoms with E-state index in [1.165, 1.54) is 18.2 Å². The van der Waals surface area contributed by atoms with Crippen LogP contribution in [0.2, 0.25) is 0 Å². The van der Waals surface area contributed by atoms with E-state index in [2.05, 4.69) is 18.0 Å². The molecule has 3 heteroatoms. The molecule has 0 fully saturated rings. The van der Waals surface area contributed by atoms with Crippen molar-refractivity contribution in [1.29, 1.82) is 0 Å². The molecular weight excluding hydrogens is 214 g/mol. The second-order valence-electron chi connectivity index (χ2n) is 4.36. The summed E-state index contributed by atoms with van der Waals surface area (Å²) in [6.45, 7) is 4.71. The molecule has 1 aromatic rings. The minimum Gasteiger partial charge on any atom is -0.469 e. The molecule has 3 nitrogen and oxygen atoms in total. The number of rotatable bonds is 2. The van der Waals surface area contributed by atoms with Gasteiger partial charge in [-0.05, 0) is 37.0 Å². The number of hydrogen-bond donors (Lipinski definition) is 0. The van der Waals surface area contributed by atoms with Crippen LogP contribution in [0, 0.1) is 12.8 Å². The predicted molar refractivity (Wildman–Crippen MR) is 67.5 cm³/mol. The number of ether oxygens (including phenoxy) is 1. The monoisotopic (exact) mass is 231 g/mol. The van der Waals surface area contributed by atoms with E-state index in [0.717, 1.165) is 24.2 Å². The molecule has 0 aliphatic carbocycles. The zero-order valence-corrected chi connectivity index (χ0v) is 10.5. The summed E-state index contributed by atoms with van der Waals surface area (Å²) in [6, 6.07) is 6.16. The normalized spacial score (nSPS) is 15.8. The first-order valence-corrected chi connectivity index (χ1v) is 5.86. The number of carbonyl (C=O) groups excluding carboxylic acids is 1. The van der Waals surface area contributed by atoms with E-state index in [-0.39, 0.29) is 11.9 Å². The first-order valence-electron chi connectivity index (χ1n) is 5.86. The molecule has 1 aliphatic heterocycles. The minimum atomic E-state index is -0.291. The van der Waals surface area contributed by atoms with Crippen molar-refractivity contribution in [3.63, 3.8) is 0 Å². The van der Waals surface area contributed by atoms with Gasteiger partial charge < -0.3 is 4.74 Å². The number of methoxy groups -OCH3 is 1. The van der Waals surface area contributed by atoms with E-state index in [1.807, 2.05) is 19.1 Å². The predicted octanol–water partition coefficient (Wildman–Crippen LogP) is 2.15. The van der Waals surface area contributed by atoms with Gasteiger partial charge in [0.15, 0.2) is 0 Å². The zero-order valence-electron chi connectivity index (χ0n) is 10.5. The topological polar surface area (TPSA) is 38.7 Å². The molecule has 0 bridgehead atoms. The molecule has 0 radical (unpaired) electrons. The average molecular weight is 231 g/mol. The number of fused-ring (bicyclic) bond motifs is 1. The number of hydrogen-bond acceptors (Lipinski definition) is 3. The lowest BCUT2D eigenvalue weighted by Gasteiger charge is -2.21. The van der Waals surface area contributed by atoms with Gasteiger partial charge in [-0.3, -0.25) is 9.79 Å². The van der Waals surface area contributed by atoms with Gasteiger partial charge in [0.25, 0.3) is 0 Å². The summed E-state index contributed by atoms with van der Waals surface area (Å²) in [4.78, 5) is 16.1. The fourth-order valence-electron chi connectivity index (χ4n) is 2.31. The molecule has 0 spiro atoms. The van der Waals surface area contributed by atoms with E-state index >= 15 is 0 Å². The quantitative estimate of drug-likeness (QED) is 0.731. The molecule has 1 aliphatic rings. The maximum absolute atomic E-state index is 11.6. The summed E-state index contributed by atoms with van der Waals surface area (Å²) >= 11 is 0. The first-order chi connectivity index (χ1) is 8.15. The van der Waals surface area contributed by atoms with Gasteiger partial charge in [-0.15, -0.1) is 0 Å². The van der Waals surface area contributed by atoms with Crippen LogP contribution in [0.1, 0.15) is 23.6 Å². The second-order valence-corrected chi connectivity index (χ2v) is 4.36. The highest BCUT2D eigenvalue weighted by Crippen LogP contribution is 2.23. The summed E-state index contributed by atoms with van der Waals surface area (Å²) in [6.07, 6.45) is 0.958.